The maximum Gasteiger partial charge on any atom is 0.138 e. The summed E-state index contributed by atoms with van der Waals surface area (Å²) in [5.74, 6) is 0.930. The van der Waals surface area contributed by atoms with E-state index in [9.17, 15) is 5.11 Å². The Bertz CT molecular complexity index is 375. The van der Waals surface area contributed by atoms with E-state index in [1.54, 1.807) is 12.1 Å². The molecule has 1 fully saturated rings. The first-order valence-corrected chi connectivity index (χ1v) is 6.27. The average Bonchev–Trinajstić information content (AvgIpc) is 2.26. The molecule has 3 nitrogen and oxygen atoms in total. The van der Waals surface area contributed by atoms with Gasteiger partial charge in [-0.2, -0.15) is 0 Å². The number of aromatic hydroxyl groups is 1. The predicted molar refractivity (Wildman–Crippen MR) is 66.9 cm³/mol. The number of piperidine rings is 1. The summed E-state index contributed by atoms with van der Waals surface area (Å²) < 4.78 is 6.64. The largest absolute Gasteiger partial charge is 0.507 e. The Balaban J connectivity index is 2.16. The molecule has 0 unspecified atom stereocenters. The van der Waals surface area contributed by atoms with Crippen LogP contribution in [0.2, 0.25) is 0 Å². The molecule has 0 saturated carbocycles. The van der Waals surface area contributed by atoms with Crippen molar-refractivity contribution in [2.75, 3.05) is 13.1 Å². The third-order valence-electron chi connectivity index (χ3n) is 2.96. The van der Waals surface area contributed by atoms with E-state index in [2.05, 4.69) is 28.2 Å². The monoisotopic (exact) mass is 285 g/mol. The number of nitrogens with one attached hydrogen (secondary N) is 1. The Morgan fingerprint density at radius 2 is 2.06 bits per heavy atom. The SMILES string of the molecule is CC1(Oc2cccc(O)c2Br)CCNCC1. The van der Waals surface area contributed by atoms with Crippen LogP contribution in [0.3, 0.4) is 0 Å². The lowest BCUT2D eigenvalue weighted by molar-refractivity contribution is 0.0546. The third-order valence-corrected chi connectivity index (χ3v) is 3.76. The van der Waals surface area contributed by atoms with E-state index >= 15 is 0 Å². The fourth-order valence-electron chi connectivity index (χ4n) is 1.90. The smallest absolute Gasteiger partial charge is 0.138 e. The molecule has 1 aromatic carbocycles. The van der Waals surface area contributed by atoms with Gasteiger partial charge in [0.05, 0.1) is 0 Å². The highest BCUT2D eigenvalue weighted by atomic mass is 79.9. The van der Waals surface area contributed by atoms with Gasteiger partial charge < -0.3 is 15.2 Å². The number of benzene rings is 1. The minimum Gasteiger partial charge on any atom is -0.507 e. The highest BCUT2D eigenvalue weighted by Gasteiger charge is 2.29. The number of phenols is 1. The Morgan fingerprint density at radius 1 is 1.38 bits per heavy atom. The van der Waals surface area contributed by atoms with Crippen LogP contribution in [0.15, 0.2) is 22.7 Å². The first kappa shape index (κ1) is 11.7. The van der Waals surface area contributed by atoms with E-state index < -0.39 is 0 Å². The van der Waals surface area contributed by atoms with Crippen LogP contribution in [-0.2, 0) is 0 Å². The predicted octanol–water partition coefficient (Wildman–Crippen LogP) is 2.68. The first-order valence-electron chi connectivity index (χ1n) is 5.48. The molecule has 0 spiro atoms. The summed E-state index contributed by atoms with van der Waals surface area (Å²) in [5, 5.41) is 12.9. The Kier molecular flexibility index (Phi) is 3.40. The fraction of sp³-hybridized carbons (Fsp3) is 0.500. The average molecular weight is 286 g/mol. The van der Waals surface area contributed by atoms with Crippen molar-refractivity contribution in [2.24, 2.45) is 0 Å². The molecule has 0 aromatic heterocycles. The summed E-state index contributed by atoms with van der Waals surface area (Å²) in [5.41, 5.74) is -0.137. The standard InChI is InChI=1S/C12H16BrNO2/c1-12(5-7-14-8-6-12)16-10-4-2-3-9(15)11(10)13/h2-4,14-15H,5-8H2,1H3. The number of halogens is 1. The molecule has 16 heavy (non-hydrogen) atoms. The van der Waals surface area contributed by atoms with E-state index in [1.165, 1.54) is 0 Å². The van der Waals surface area contributed by atoms with Gasteiger partial charge in [0, 0.05) is 0 Å². The van der Waals surface area contributed by atoms with Crippen molar-refractivity contribution in [1.82, 2.24) is 5.32 Å². The van der Waals surface area contributed by atoms with Crippen LogP contribution in [0.5, 0.6) is 11.5 Å². The molecule has 1 saturated heterocycles. The molecule has 4 heteroatoms. The molecular weight excluding hydrogens is 270 g/mol. The quantitative estimate of drug-likeness (QED) is 0.878. The lowest BCUT2D eigenvalue weighted by Crippen LogP contribution is -2.43. The van der Waals surface area contributed by atoms with Crippen LogP contribution in [0.25, 0.3) is 0 Å². The molecule has 2 N–H and O–H groups in total. The van der Waals surface area contributed by atoms with Gasteiger partial charge in [-0.05, 0) is 60.9 Å². The van der Waals surface area contributed by atoms with Gasteiger partial charge in [0.25, 0.3) is 0 Å². The summed E-state index contributed by atoms with van der Waals surface area (Å²) in [6.45, 7) is 4.07. The molecule has 88 valence electrons. The summed E-state index contributed by atoms with van der Waals surface area (Å²) in [6.07, 6.45) is 1.96. The molecule has 1 aliphatic rings. The van der Waals surface area contributed by atoms with Crippen molar-refractivity contribution in [1.29, 1.82) is 0 Å². The van der Waals surface area contributed by atoms with Gasteiger partial charge in [0.1, 0.15) is 21.6 Å². The number of ether oxygens (including phenoxy) is 1. The molecule has 2 rings (SSSR count). The highest BCUT2D eigenvalue weighted by molar-refractivity contribution is 9.10. The van der Waals surface area contributed by atoms with Gasteiger partial charge in [-0.25, -0.2) is 0 Å². The summed E-state index contributed by atoms with van der Waals surface area (Å²) in [4.78, 5) is 0. The molecule has 0 atom stereocenters. The van der Waals surface area contributed by atoms with Crippen LogP contribution < -0.4 is 10.1 Å². The second-order valence-corrected chi connectivity index (χ2v) is 5.18. The summed E-state index contributed by atoms with van der Waals surface area (Å²) in [7, 11) is 0. The van der Waals surface area contributed by atoms with Crippen molar-refractivity contribution in [3.8, 4) is 11.5 Å². The van der Waals surface area contributed by atoms with Gasteiger partial charge in [-0.3, -0.25) is 0 Å². The van der Waals surface area contributed by atoms with Crippen molar-refractivity contribution in [3.63, 3.8) is 0 Å². The molecule has 1 aliphatic heterocycles. The van der Waals surface area contributed by atoms with Gasteiger partial charge in [-0.1, -0.05) is 6.07 Å². The number of phenolic OH excluding ortho intramolecular Hbond substituents is 1. The van der Waals surface area contributed by atoms with Crippen LogP contribution in [0.4, 0.5) is 0 Å². The van der Waals surface area contributed by atoms with Crippen molar-refractivity contribution < 1.29 is 9.84 Å². The van der Waals surface area contributed by atoms with E-state index in [0.29, 0.717) is 10.2 Å². The van der Waals surface area contributed by atoms with Crippen molar-refractivity contribution in [2.45, 2.75) is 25.4 Å². The minimum atomic E-state index is -0.137. The molecular formula is C12H16BrNO2. The van der Waals surface area contributed by atoms with Crippen LogP contribution in [-0.4, -0.2) is 23.8 Å². The lowest BCUT2D eigenvalue weighted by atomic mass is 9.94. The first-order chi connectivity index (χ1) is 7.61. The zero-order chi connectivity index (χ0) is 11.6. The fourth-order valence-corrected chi connectivity index (χ4v) is 2.25. The molecule has 1 aromatic rings. The number of hydrogen-bond acceptors (Lipinski definition) is 3. The molecule has 0 aliphatic carbocycles. The summed E-state index contributed by atoms with van der Waals surface area (Å²) in [6, 6.07) is 5.30. The lowest BCUT2D eigenvalue weighted by Gasteiger charge is -2.35. The Hall–Kier alpha value is -0.740. The Morgan fingerprint density at radius 3 is 2.75 bits per heavy atom. The topological polar surface area (TPSA) is 41.5 Å². The van der Waals surface area contributed by atoms with E-state index in [1.807, 2.05) is 6.07 Å². The molecule has 0 amide bonds. The molecule has 0 bridgehead atoms. The minimum absolute atomic E-state index is 0.137. The highest BCUT2D eigenvalue weighted by Crippen LogP contribution is 2.36. The second kappa shape index (κ2) is 4.63. The van der Waals surface area contributed by atoms with Gasteiger partial charge in [-0.15, -0.1) is 0 Å². The number of rotatable bonds is 2. The normalized spacial score (nSPS) is 19.4. The molecule has 1 heterocycles. The van der Waals surface area contributed by atoms with Crippen LogP contribution >= 0.6 is 15.9 Å². The van der Waals surface area contributed by atoms with Crippen LogP contribution in [0.1, 0.15) is 19.8 Å². The zero-order valence-corrected chi connectivity index (χ0v) is 10.9. The van der Waals surface area contributed by atoms with Gasteiger partial charge >= 0.3 is 0 Å². The number of hydrogen-bond donors (Lipinski definition) is 2. The summed E-state index contributed by atoms with van der Waals surface area (Å²) >= 11 is 3.34. The van der Waals surface area contributed by atoms with Crippen molar-refractivity contribution in [3.05, 3.63) is 22.7 Å². The van der Waals surface area contributed by atoms with E-state index in [0.717, 1.165) is 25.9 Å². The van der Waals surface area contributed by atoms with Gasteiger partial charge in [0.15, 0.2) is 0 Å². The third kappa shape index (κ3) is 2.50. The zero-order valence-electron chi connectivity index (χ0n) is 9.29. The Labute approximate surface area is 104 Å². The van der Waals surface area contributed by atoms with Crippen molar-refractivity contribution >= 4 is 15.9 Å². The van der Waals surface area contributed by atoms with E-state index in [-0.39, 0.29) is 11.4 Å². The van der Waals surface area contributed by atoms with Crippen LogP contribution in [0, 0.1) is 0 Å². The van der Waals surface area contributed by atoms with Gasteiger partial charge in [0.2, 0.25) is 0 Å². The maximum atomic E-state index is 9.57. The maximum absolute atomic E-state index is 9.57. The molecule has 0 radical (unpaired) electrons. The van der Waals surface area contributed by atoms with E-state index in [4.69, 9.17) is 4.74 Å². The second-order valence-electron chi connectivity index (χ2n) is 4.39.